The van der Waals surface area contributed by atoms with Gasteiger partial charge in [0.15, 0.2) is 0 Å². The lowest BCUT2D eigenvalue weighted by Crippen LogP contribution is -2.29. The summed E-state index contributed by atoms with van der Waals surface area (Å²) < 4.78 is 0. The molecule has 1 atom stereocenters. The Morgan fingerprint density at radius 1 is 0.696 bits per heavy atom. The number of phenolic OH excluding ortho intramolecular Hbond substituents is 1. The Balaban J connectivity index is 1.69. The first-order valence-electron chi connectivity index (χ1n) is 17.5. The Bertz CT molecular complexity index is 1220. The summed E-state index contributed by atoms with van der Waals surface area (Å²) in [6.07, 6.45) is 9.02. The van der Waals surface area contributed by atoms with Crippen LogP contribution in [0.4, 0.5) is 0 Å². The second-order valence-electron chi connectivity index (χ2n) is 17.6. The van der Waals surface area contributed by atoms with Gasteiger partial charge in [-0.05, 0) is 76.0 Å². The molecule has 6 heteroatoms. The van der Waals surface area contributed by atoms with E-state index in [1.807, 2.05) is 0 Å². The van der Waals surface area contributed by atoms with Gasteiger partial charge < -0.3 is 20.8 Å². The molecule has 0 radical (unpaired) electrons. The van der Waals surface area contributed by atoms with Crippen molar-refractivity contribution in [1.82, 2.24) is 10.6 Å². The quantitative estimate of drug-likeness (QED) is 0.162. The van der Waals surface area contributed by atoms with Gasteiger partial charge in [0.1, 0.15) is 5.75 Å². The maximum Gasteiger partial charge on any atom is 0.220 e. The number of nitrogens with one attached hydrogen (secondary N) is 2. The molecule has 0 aromatic heterocycles. The molecule has 6 nitrogen and oxygen atoms in total. The van der Waals surface area contributed by atoms with Crippen molar-refractivity contribution in [2.75, 3.05) is 13.1 Å². The molecule has 1 aliphatic rings. The molecule has 0 saturated carbocycles. The molecule has 0 heterocycles. The van der Waals surface area contributed by atoms with Crippen LogP contribution < -0.4 is 10.6 Å². The van der Waals surface area contributed by atoms with Crippen LogP contribution in [0.25, 0.3) is 0 Å². The number of aromatic hydroxyl groups is 1. The van der Waals surface area contributed by atoms with Gasteiger partial charge in [-0.25, -0.2) is 0 Å². The number of aliphatic hydroxyl groups excluding tert-OH is 1. The zero-order valence-electron chi connectivity index (χ0n) is 31.3. The second kappa shape index (κ2) is 15.9. The molecule has 1 aromatic carbocycles. The van der Waals surface area contributed by atoms with Crippen LogP contribution in [0.1, 0.15) is 151 Å². The van der Waals surface area contributed by atoms with Gasteiger partial charge in [0.25, 0.3) is 0 Å². The standard InChI is InChI=1S/C40H66N2O4/c1-37(2,3)29-23-27(24-30(35(29)45)38(4,5)6)17-19-33(43)41-21-15-13-14-16-22-42-34(44)20-18-28-25-31(39(7,8)9)36(46)32(26-28)40(10,11)12/h23-25,32,45-46H,13-22,26H2,1-12H3,(H,41,43)(H,42,44). The van der Waals surface area contributed by atoms with Gasteiger partial charge in [-0.3, -0.25) is 9.59 Å². The maximum atomic E-state index is 12.6. The van der Waals surface area contributed by atoms with Gasteiger partial charge in [-0.2, -0.15) is 0 Å². The average molecular weight is 639 g/mol. The number of phenols is 1. The number of amides is 2. The normalized spacial score (nSPS) is 16.3. The van der Waals surface area contributed by atoms with E-state index in [-0.39, 0.29) is 39.4 Å². The van der Waals surface area contributed by atoms with Gasteiger partial charge in [0, 0.05) is 31.8 Å². The minimum absolute atomic E-state index is 0.0497. The summed E-state index contributed by atoms with van der Waals surface area (Å²) in [5.74, 6) is 1.07. The molecule has 2 amide bonds. The highest BCUT2D eigenvalue weighted by atomic mass is 16.3. The number of rotatable bonds is 13. The largest absolute Gasteiger partial charge is 0.512 e. The lowest BCUT2D eigenvalue weighted by atomic mass is 9.68. The fourth-order valence-electron chi connectivity index (χ4n) is 6.12. The minimum Gasteiger partial charge on any atom is -0.512 e. The van der Waals surface area contributed by atoms with Crippen LogP contribution in [0, 0.1) is 16.7 Å². The fraction of sp³-hybridized carbons (Fsp3) is 0.700. The van der Waals surface area contributed by atoms with Crippen molar-refractivity contribution in [3.8, 4) is 5.75 Å². The molecule has 0 aliphatic heterocycles. The van der Waals surface area contributed by atoms with Gasteiger partial charge >= 0.3 is 0 Å². The molecule has 4 N–H and O–H groups in total. The number of unbranched alkanes of at least 4 members (excludes halogenated alkanes) is 3. The van der Waals surface area contributed by atoms with Crippen LogP contribution in [0.2, 0.25) is 0 Å². The summed E-state index contributed by atoms with van der Waals surface area (Å²) in [7, 11) is 0. The first kappa shape index (κ1) is 39.4. The number of aliphatic hydroxyl groups is 1. The highest BCUT2D eigenvalue weighted by Gasteiger charge is 2.36. The molecule has 0 fully saturated rings. The smallest absolute Gasteiger partial charge is 0.220 e. The van der Waals surface area contributed by atoms with E-state index < -0.39 is 0 Å². The predicted molar refractivity (Wildman–Crippen MR) is 192 cm³/mol. The lowest BCUT2D eigenvalue weighted by Gasteiger charge is -2.37. The number of aryl methyl sites for hydroxylation is 1. The van der Waals surface area contributed by atoms with Crippen molar-refractivity contribution in [3.63, 3.8) is 0 Å². The number of benzene rings is 1. The topological polar surface area (TPSA) is 98.7 Å². The van der Waals surface area contributed by atoms with Crippen molar-refractivity contribution >= 4 is 11.8 Å². The number of carbonyl (C=O) groups excluding carboxylic acids is 2. The lowest BCUT2D eigenvalue weighted by molar-refractivity contribution is -0.121. The zero-order valence-corrected chi connectivity index (χ0v) is 31.3. The molecule has 1 unspecified atom stereocenters. The van der Waals surface area contributed by atoms with Gasteiger partial charge in [-0.15, -0.1) is 0 Å². The first-order chi connectivity index (χ1) is 21.0. The Morgan fingerprint density at radius 2 is 1.15 bits per heavy atom. The third-order valence-electron chi connectivity index (χ3n) is 9.12. The molecule has 2 rings (SSSR count). The minimum atomic E-state index is -0.187. The molecular formula is C40H66N2O4. The predicted octanol–water partition coefficient (Wildman–Crippen LogP) is 9.34. The molecule has 0 bridgehead atoms. The van der Waals surface area contributed by atoms with Crippen molar-refractivity contribution in [1.29, 1.82) is 0 Å². The first-order valence-corrected chi connectivity index (χ1v) is 17.5. The highest BCUT2D eigenvalue weighted by molar-refractivity contribution is 5.76. The average Bonchev–Trinajstić information content (AvgIpc) is 2.90. The summed E-state index contributed by atoms with van der Waals surface area (Å²) in [6, 6.07) is 4.11. The maximum absolute atomic E-state index is 12.6. The van der Waals surface area contributed by atoms with E-state index in [0.717, 1.165) is 54.4 Å². The fourth-order valence-corrected chi connectivity index (χ4v) is 6.12. The number of allylic oxidation sites excluding steroid dienone is 4. The highest BCUT2D eigenvalue weighted by Crippen LogP contribution is 2.45. The molecule has 1 aromatic rings. The SMILES string of the molecule is CC(C)(C)C1=C(O)C(C(C)(C)C)CC(CCC(=O)NCCCCCCNC(=O)CCc2cc(C(C)(C)C)c(O)c(C(C)(C)C)c2)=C1. The molecule has 0 spiro atoms. The van der Waals surface area contributed by atoms with E-state index >= 15 is 0 Å². The Hall–Kier alpha value is -2.76. The number of hydrogen-bond donors (Lipinski definition) is 4. The van der Waals surface area contributed by atoms with E-state index in [9.17, 15) is 19.8 Å². The van der Waals surface area contributed by atoms with E-state index in [1.54, 1.807) is 0 Å². The molecule has 46 heavy (non-hydrogen) atoms. The third kappa shape index (κ3) is 12.1. The summed E-state index contributed by atoms with van der Waals surface area (Å²) in [5.41, 5.74) is 4.60. The molecule has 1 aliphatic carbocycles. The number of carbonyl (C=O) groups is 2. The van der Waals surface area contributed by atoms with Crippen molar-refractivity contribution in [2.45, 2.75) is 152 Å². The molecule has 260 valence electrons. The van der Waals surface area contributed by atoms with Crippen LogP contribution >= 0.6 is 0 Å². The van der Waals surface area contributed by atoms with E-state index in [0.29, 0.717) is 50.3 Å². The summed E-state index contributed by atoms with van der Waals surface area (Å²) >= 11 is 0. The molecule has 0 saturated heterocycles. The monoisotopic (exact) mass is 639 g/mol. The van der Waals surface area contributed by atoms with Gasteiger partial charge in [-0.1, -0.05) is 120 Å². The summed E-state index contributed by atoms with van der Waals surface area (Å²) in [6.45, 7) is 26.8. The van der Waals surface area contributed by atoms with Crippen molar-refractivity contribution in [3.05, 3.63) is 51.8 Å². The number of hydrogen-bond acceptors (Lipinski definition) is 4. The van der Waals surface area contributed by atoms with E-state index in [4.69, 9.17) is 0 Å². The van der Waals surface area contributed by atoms with Crippen molar-refractivity contribution < 1.29 is 19.8 Å². The third-order valence-corrected chi connectivity index (χ3v) is 9.12. The van der Waals surface area contributed by atoms with Gasteiger partial charge in [0.2, 0.25) is 11.8 Å². The molecular weight excluding hydrogens is 572 g/mol. The van der Waals surface area contributed by atoms with Gasteiger partial charge in [0.05, 0.1) is 5.76 Å². The van der Waals surface area contributed by atoms with Crippen LogP contribution in [-0.4, -0.2) is 35.1 Å². The van der Waals surface area contributed by atoms with Crippen molar-refractivity contribution in [2.24, 2.45) is 16.7 Å². The van der Waals surface area contributed by atoms with Crippen LogP contribution in [-0.2, 0) is 26.8 Å². The summed E-state index contributed by atoms with van der Waals surface area (Å²) in [5, 5.41) is 28.1. The Morgan fingerprint density at radius 3 is 1.57 bits per heavy atom. The van der Waals surface area contributed by atoms with Crippen LogP contribution in [0.5, 0.6) is 5.75 Å². The second-order valence-corrected chi connectivity index (χ2v) is 17.6. The van der Waals surface area contributed by atoms with E-state index in [2.05, 4.69) is 112 Å². The zero-order chi connectivity index (χ0) is 35.1. The summed E-state index contributed by atoms with van der Waals surface area (Å²) in [4.78, 5) is 25.1. The Kier molecular flexibility index (Phi) is 13.6. The van der Waals surface area contributed by atoms with Crippen LogP contribution in [0.3, 0.4) is 0 Å². The van der Waals surface area contributed by atoms with E-state index in [1.165, 1.54) is 5.57 Å². The van der Waals surface area contributed by atoms with Crippen LogP contribution in [0.15, 0.2) is 35.1 Å². The Labute approximate surface area is 280 Å².